The van der Waals surface area contributed by atoms with Crippen LogP contribution < -0.4 is 0 Å². The molecule has 0 fully saturated rings. The quantitative estimate of drug-likeness (QED) is 0.0466. The highest BCUT2D eigenvalue weighted by Gasteiger charge is 2.16. The second-order valence-corrected chi connectivity index (χ2v) is 19.1. The highest BCUT2D eigenvalue weighted by molar-refractivity contribution is 5.76. The predicted octanol–water partition coefficient (Wildman–Crippen LogP) is 14.9. The van der Waals surface area contributed by atoms with E-state index in [2.05, 4.69) is 20.8 Å². The first-order valence-corrected chi connectivity index (χ1v) is 28.5. The summed E-state index contributed by atoms with van der Waals surface area (Å²) in [6.45, 7) is 12.7. The van der Waals surface area contributed by atoms with Crippen molar-refractivity contribution in [1.29, 1.82) is 0 Å². The van der Waals surface area contributed by atoms with Crippen LogP contribution in [-0.4, -0.2) is 94.8 Å². The molecule has 396 valence electrons. The molecule has 0 heterocycles. The molecule has 0 aliphatic carbocycles. The topological polar surface area (TPSA) is 110 Å². The summed E-state index contributed by atoms with van der Waals surface area (Å²) in [6.07, 6.45) is 36.8. The minimum atomic E-state index is -0.0713. The minimum absolute atomic E-state index is 0.0264. The van der Waals surface area contributed by atoms with E-state index < -0.39 is 0 Å². The molecule has 10 heteroatoms. The molecule has 0 aromatic heterocycles. The second kappa shape index (κ2) is 50.8. The standard InChI is InChI=1S/C58H105NO9/c1-4-7-10-13-16-25-35-45-67-57(61)40-31-21-17-23-33-43-59(56(60)42-46-63-47-48-64-49-50-65-51-52-66-53-54-36-27-26-28-37-54)44-34-24-18-22-32-41-58(62)68-55(38-29-19-14-11-8-5-2)39-30-20-15-12-9-6-3/h26-28,36-37,55H,4-25,29-35,38-53H2,1-3H3. The second-order valence-electron chi connectivity index (χ2n) is 19.1. The van der Waals surface area contributed by atoms with Crippen LogP contribution in [0, 0.1) is 0 Å². The maximum atomic E-state index is 13.4. The summed E-state index contributed by atoms with van der Waals surface area (Å²) < 4.78 is 34.2. The van der Waals surface area contributed by atoms with Crippen LogP contribution in [0.2, 0.25) is 0 Å². The molecule has 0 radical (unpaired) electrons. The number of carbonyl (C=O) groups excluding carboxylic acids is 3. The summed E-state index contributed by atoms with van der Waals surface area (Å²) >= 11 is 0. The number of esters is 2. The summed E-state index contributed by atoms with van der Waals surface area (Å²) in [5, 5.41) is 0. The Morgan fingerprint density at radius 3 is 1.34 bits per heavy atom. The molecule has 0 unspecified atom stereocenters. The van der Waals surface area contributed by atoms with Gasteiger partial charge in [-0.25, -0.2) is 0 Å². The zero-order valence-electron chi connectivity index (χ0n) is 44.4. The third-order valence-electron chi connectivity index (χ3n) is 12.7. The molecule has 0 N–H and O–H groups in total. The van der Waals surface area contributed by atoms with Gasteiger partial charge in [0, 0.05) is 25.9 Å². The average Bonchev–Trinajstić information content (AvgIpc) is 3.34. The van der Waals surface area contributed by atoms with Crippen molar-refractivity contribution in [1.82, 2.24) is 4.90 Å². The van der Waals surface area contributed by atoms with Crippen molar-refractivity contribution < 1.29 is 42.8 Å². The van der Waals surface area contributed by atoms with E-state index in [1.54, 1.807) is 0 Å². The lowest BCUT2D eigenvalue weighted by atomic mass is 10.0. The summed E-state index contributed by atoms with van der Waals surface area (Å²) in [5.41, 5.74) is 1.15. The molecule has 1 rings (SSSR count). The molecule has 0 spiro atoms. The van der Waals surface area contributed by atoms with Crippen molar-refractivity contribution in [3.8, 4) is 0 Å². The molecule has 68 heavy (non-hydrogen) atoms. The van der Waals surface area contributed by atoms with Crippen LogP contribution in [0.15, 0.2) is 30.3 Å². The largest absolute Gasteiger partial charge is 0.466 e. The Balaban J connectivity index is 2.37. The Labute approximate surface area is 417 Å². The van der Waals surface area contributed by atoms with E-state index in [1.807, 2.05) is 35.2 Å². The number of rotatable bonds is 53. The molecule has 1 amide bonds. The normalized spacial score (nSPS) is 11.4. The van der Waals surface area contributed by atoms with E-state index >= 15 is 0 Å². The van der Waals surface area contributed by atoms with E-state index in [0.29, 0.717) is 78.7 Å². The van der Waals surface area contributed by atoms with E-state index in [1.165, 1.54) is 96.3 Å². The number of ether oxygens (including phenoxy) is 6. The molecule has 0 saturated heterocycles. The highest BCUT2D eigenvalue weighted by Crippen LogP contribution is 2.19. The Kier molecular flexibility index (Phi) is 47.5. The summed E-state index contributed by atoms with van der Waals surface area (Å²) in [7, 11) is 0. The van der Waals surface area contributed by atoms with Gasteiger partial charge in [-0.1, -0.05) is 192 Å². The Hall–Kier alpha value is -2.53. The Morgan fingerprint density at radius 2 is 0.824 bits per heavy atom. The van der Waals surface area contributed by atoms with Gasteiger partial charge < -0.3 is 33.3 Å². The first-order valence-electron chi connectivity index (χ1n) is 28.5. The van der Waals surface area contributed by atoms with E-state index in [4.69, 9.17) is 28.4 Å². The van der Waals surface area contributed by atoms with Crippen molar-refractivity contribution in [3.63, 3.8) is 0 Å². The third kappa shape index (κ3) is 43.5. The van der Waals surface area contributed by atoms with Gasteiger partial charge in [0.1, 0.15) is 6.10 Å². The summed E-state index contributed by atoms with van der Waals surface area (Å²) in [4.78, 5) is 40.5. The van der Waals surface area contributed by atoms with Crippen molar-refractivity contribution in [2.24, 2.45) is 0 Å². The number of unbranched alkanes of at least 4 members (excludes halogenated alkanes) is 24. The van der Waals surface area contributed by atoms with Crippen molar-refractivity contribution in [3.05, 3.63) is 35.9 Å². The molecule has 0 aliphatic heterocycles. The van der Waals surface area contributed by atoms with Crippen molar-refractivity contribution in [2.75, 3.05) is 65.9 Å². The van der Waals surface area contributed by atoms with E-state index in [-0.39, 0.29) is 23.9 Å². The Morgan fingerprint density at radius 1 is 0.412 bits per heavy atom. The van der Waals surface area contributed by atoms with Gasteiger partial charge in [-0.05, 0) is 63.4 Å². The number of amides is 1. The van der Waals surface area contributed by atoms with E-state index in [0.717, 1.165) is 121 Å². The summed E-state index contributed by atoms with van der Waals surface area (Å²) in [6, 6.07) is 10.1. The number of carbonyl (C=O) groups is 3. The monoisotopic (exact) mass is 960 g/mol. The first kappa shape index (κ1) is 63.5. The molecule has 1 aromatic carbocycles. The zero-order valence-corrected chi connectivity index (χ0v) is 44.4. The fraction of sp³-hybridized carbons (Fsp3) is 0.845. The number of hydrogen-bond acceptors (Lipinski definition) is 9. The van der Waals surface area contributed by atoms with Gasteiger partial charge in [0.05, 0.1) is 65.9 Å². The van der Waals surface area contributed by atoms with Crippen molar-refractivity contribution >= 4 is 17.8 Å². The zero-order chi connectivity index (χ0) is 49.1. The fourth-order valence-electron chi connectivity index (χ4n) is 8.44. The number of benzene rings is 1. The maximum absolute atomic E-state index is 13.4. The molecule has 10 nitrogen and oxygen atoms in total. The van der Waals surface area contributed by atoms with Gasteiger partial charge in [0.15, 0.2) is 0 Å². The Bertz CT molecular complexity index is 1220. The number of nitrogens with zero attached hydrogens (tertiary/aromatic N) is 1. The van der Waals surface area contributed by atoms with Crippen LogP contribution in [0.1, 0.15) is 245 Å². The maximum Gasteiger partial charge on any atom is 0.306 e. The molecule has 0 bridgehead atoms. The number of hydrogen-bond donors (Lipinski definition) is 0. The van der Waals surface area contributed by atoms with Gasteiger partial charge in [-0.15, -0.1) is 0 Å². The minimum Gasteiger partial charge on any atom is -0.466 e. The first-order chi connectivity index (χ1) is 33.5. The van der Waals surface area contributed by atoms with Crippen LogP contribution >= 0.6 is 0 Å². The van der Waals surface area contributed by atoms with Crippen molar-refractivity contribution in [2.45, 2.75) is 252 Å². The van der Waals surface area contributed by atoms with Crippen LogP contribution in [0.25, 0.3) is 0 Å². The highest BCUT2D eigenvalue weighted by atomic mass is 16.6. The van der Waals surface area contributed by atoms with Gasteiger partial charge >= 0.3 is 11.9 Å². The molecular weight excluding hydrogens is 855 g/mol. The van der Waals surface area contributed by atoms with Crippen LogP contribution in [0.5, 0.6) is 0 Å². The molecule has 0 aliphatic rings. The van der Waals surface area contributed by atoms with Gasteiger partial charge in [0.2, 0.25) is 5.91 Å². The molecular formula is C58H105NO9. The van der Waals surface area contributed by atoms with Gasteiger partial charge in [-0.3, -0.25) is 14.4 Å². The SMILES string of the molecule is CCCCCCCCCOC(=O)CCCCCCCN(CCCCCCCC(=O)OC(CCCCCCCC)CCCCCCCC)C(=O)CCOCCOCCOCCOCc1ccccc1. The lowest BCUT2D eigenvalue weighted by Crippen LogP contribution is -2.33. The molecule has 0 atom stereocenters. The van der Waals surface area contributed by atoms with E-state index in [9.17, 15) is 14.4 Å². The van der Waals surface area contributed by atoms with Crippen LogP contribution in [0.4, 0.5) is 0 Å². The van der Waals surface area contributed by atoms with Gasteiger partial charge in [0.25, 0.3) is 0 Å². The molecule has 0 saturated carbocycles. The van der Waals surface area contributed by atoms with Crippen LogP contribution in [-0.2, 0) is 49.4 Å². The van der Waals surface area contributed by atoms with Crippen LogP contribution in [0.3, 0.4) is 0 Å². The summed E-state index contributed by atoms with van der Waals surface area (Å²) in [5.74, 6) is 0.0382. The lowest BCUT2D eigenvalue weighted by Gasteiger charge is -2.23. The molecule has 1 aromatic rings. The predicted molar refractivity (Wildman–Crippen MR) is 280 cm³/mol. The lowest BCUT2D eigenvalue weighted by molar-refractivity contribution is -0.150. The smallest absolute Gasteiger partial charge is 0.306 e. The fourth-order valence-corrected chi connectivity index (χ4v) is 8.44. The van der Waals surface area contributed by atoms with Gasteiger partial charge in [-0.2, -0.15) is 0 Å². The average molecular weight is 960 g/mol. The third-order valence-corrected chi connectivity index (χ3v) is 12.7.